The third-order valence-corrected chi connectivity index (χ3v) is 3.93. The second-order valence-electron chi connectivity index (χ2n) is 5.64. The summed E-state index contributed by atoms with van der Waals surface area (Å²) >= 11 is 0. The highest BCUT2D eigenvalue weighted by Crippen LogP contribution is 2.30. The van der Waals surface area contributed by atoms with Crippen LogP contribution in [0.1, 0.15) is 12.5 Å². The maximum atomic E-state index is 5.33. The van der Waals surface area contributed by atoms with E-state index in [-0.39, 0.29) is 0 Å². The molecule has 0 atom stereocenters. The van der Waals surface area contributed by atoms with Crippen LogP contribution in [0.5, 0.6) is 11.5 Å². The molecule has 0 saturated carbocycles. The van der Waals surface area contributed by atoms with Gasteiger partial charge in [-0.15, -0.1) is 0 Å². The number of benzene rings is 2. The fourth-order valence-electron chi connectivity index (χ4n) is 2.50. The lowest BCUT2D eigenvalue weighted by Gasteiger charge is -2.11. The Morgan fingerprint density at radius 1 is 0.846 bits per heavy atom. The summed E-state index contributed by atoms with van der Waals surface area (Å²) < 4.78 is 10.6. The van der Waals surface area contributed by atoms with Crippen LogP contribution in [-0.2, 0) is 6.42 Å². The van der Waals surface area contributed by atoms with Crippen molar-refractivity contribution >= 4 is 23.1 Å². The molecule has 1 aromatic heterocycles. The van der Waals surface area contributed by atoms with E-state index >= 15 is 0 Å². The highest BCUT2D eigenvalue weighted by atomic mass is 16.5. The van der Waals surface area contributed by atoms with Gasteiger partial charge in [-0.05, 0) is 42.3 Å². The van der Waals surface area contributed by atoms with Crippen molar-refractivity contribution in [1.29, 1.82) is 0 Å². The fourth-order valence-corrected chi connectivity index (χ4v) is 2.50. The van der Waals surface area contributed by atoms with E-state index in [1.165, 1.54) is 5.56 Å². The molecular weight excluding hydrogens is 328 g/mol. The largest absolute Gasteiger partial charge is 0.493 e. The van der Waals surface area contributed by atoms with E-state index < -0.39 is 0 Å². The van der Waals surface area contributed by atoms with Gasteiger partial charge in [-0.3, -0.25) is 0 Å². The van der Waals surface area contributed by atoms with Crippen molar-refractivity contribution < 1.29 is 9.47 Å². The Hall–Kier alpha value is -3.28. The minimum absolute atomic E-state index is 0.528. The summed E-state index contributed by atoms with van der Waals surface area (Å²) in [5, 5.41) is 6.46. The van der Waals surface area contributed by atoms with Crippen molar-refractivity contribution in [2.24, 2.45) is 0 Å². The van der Waals surface area contributed by atoms with E-state index in [0.717, 1.165) is 17.8 Å². The Labute approximate surface area is 153 Å². The average molecular weight is 350 g/mol. The van der Waals surface area contributed by atoms with Crippen LogP contribution in [0.3, 0.4) is 0 Å². The lowest BCUT2D eigenvalue weighted by atomic mass is 10.1. The van der Waals surface area contributed by atoms with Crippen molar-refractivity contribution in [3.05, 3.63) is 60.3 Å². The van der Waals surface area contributed by atoms with Gasteiger partial charge in [0.15, 0.2) is 11.5 Å². The first-order chi connectivity index (χ1) is 12.7. The lowest BCUT2D eigenvalue weighted by molar-refractivity contribution is 0.355. The highest BCUT2D eigenvalue weighted by molar-refractivity contribution is 5.63. The minimum atomic E-state index is 0.528. The second-order valence-corrected chi connectivity index (χ2v) is 5.64. The number of nitrogens with one attached hydrogen (secondary N) is 2. The molecule has 0 saturated heterocycles. The molecule has 0 aliphatic heterocycles. The van der Waals surface area contributed by atoms with Crippen LogP contribution >= 0.6 is 0 Å². The van der Waals surface area contributed by atoms with Gasteiger partial charge in [0.05, 0.1) is 14.2 Å². The number of ether oxygens (including phenoxy) is 2. The fraction of sp³-hybridized carbons (Fsp3) is 0.200. The topological polar surface area (TPSA) is 68.3 Å². The highest BCUT2D eigenvalue weighted by Gasteiger charge is 2.06. The number of hydrogen-bond acceptors (Lipinski definition) is 6. The second kappa shape index (κ2) is 8.20. The third kappa shape index (κ3) is 4.22. The molecule has 0 amide bonds. The summed E-state index contributed by atoms with van der Waals surface area (Å²) in [6, 6.07) is 15.6. The Kier molecular flexibility index (Phi) is 5.53. The molecule has 0 unspecified atom stereocenters. The van der Waals surface area contributed by atoms with Crippen molar-refractivity contribution in [2.75, 3.05) is 24.9 Å². The van der Waals surface area contributed by atoms with Crippen molar-refractivity contribution in [3.8, 4) is 11.5 Å². The molecule has 2 N–H and O–H groups in total. The summed E-state index contributed by atoms with van der Waals surface area (Å²) in [6.07, 6.45) is 2.72. The van der Waals surface area contributed by atoms with Gasteiger partial charge in [-0.1, -0.05) is 19.1 Å². The van der Waals surface area contributed by atoms with Gasteiger partial charge in [0.25, 0.3) is 0 Å². The lowest BCUT2D eigenvalue weighted by Crippen LogP contribution is -2.01. The Morgan fingerprint density at radius 3 is 2.27 bits per heavy atom. The van der Waals surface area contributed by atoms with Gasteiger partial charge in [-0.2, -0.15) is 4.98 Å². The Bertz CT molecular complexity index is 866. The molecule has 0 spiro atoms. The van der Waals surface area contributed by atoms with Crippen LogP contribution in [0.2, 0.25) is 0 Å². The summed E-state index contributed by atoms with van der Waals surface area (Å²) in [7, 11) is 3.22. The maximum Gasteiger partial charge on any atom is 0.229 e. The normalized spacial score (nSPS) is 10.3. The summed E-state index contributed by atoms with van der Waals surface area (Å²) in [5.74, 6) is 2.54. The number of methoxy groups -OCH3 is 2. The van der Waals surface area contributed by atoms with Crippen molar-refractivity contribution in [1.82, 2.24) is 9.97 Å². The monoisotopic (exact) mass is 350 g/mol. The summed E-state index contributed by atoms with van der Waals surface area (Å²) in [5.41, 5.74) is 3.09. The SMILES string of the molecule is CCc1ccc(Nc2nccc(Nc3ccc(OC)c(OC)c3)n2)cc1. The number of aryl methyl sites for hydroxylation is 1. The molecule has 6 heteroatoms. The van der Waals surface area contributed by atoms with E-state index in [0.29, 0.717) is 23.3 Å². The van der Waals surface area contributed by atoms with Crippen molar-refractivity contribution in [2.45, 2.75) is 13.3 Å². The molecule has 0 aliphatic carbocycles. The Morgan fingerprint density at radius 2 is 1.58 bits per heavy atom. The van der Waals surface area contributed by atoms with Crippen LogP contribution in [0.15, 0.2) is 54.7 Å². The zero-order chi connectivity index (χ0) is 18.4. The molecule has 26 heavy (non-hydrogen) atoms. The molecule has 134 valence electrons. The zero-order valence-electron chi connectivity index (χ0n) is 15.1. The summed E-state index contributed by atoms with van der Waals surface area (Å²) in [4.78, 5) is 8.77. The van der Waals surface area contributed by atoms with Crippen molar-refractivity contribution in [3.63, 3.8) is 0 Å². The third-order valence-electron chi connectivity index (χ3n) is 3.93. The van der Waals surface area contributed by atoms with Crippen LogP contribution in [0.25, 0.3) is 0 Å². The molecule has 6 nitrogen and oxygen atoms in total. The molecule has 3 aromatic rings. The number of nitrogens with zero attached hydrogens (tertiary/aromatic N) is 2. The Balaban J connectivity index is 1.74. The number of anilines is 4. The number of hydrogen-bond donors (Lipinski definition) is 2. The molecule has 0 radical (unpaired) electrons. The van der Waals surface area contributed by atoms with Crippen LogP contribution in [-0.4, -0.2) is 24.2 Å². The van der Waals surface area contributed by atoms with E-state index in [9.17, 15) is 0 Å². The molecule has 0 aliphatic rings. The van der Waals surface area contributed by atoms with Gasteiger partial charge in [-0.25, -0.2) is 4.98 Å². The predicted octanol–water partition coefficient (Wildman–Crippen LogP) is 4.54. The van der Waals surface area contributed by atoms with E-state index in [4.69, 9.17) is 9.47 Å². The van der Waals surface area contributed by atoms with Crippen LogP contribution < -0.4 is 20.1 Å². The molecule has 2 aromatic carbocycles. The van der Waals surface area contributed by atoms with E-state index in [1.54, 1.807) is 20.4 Å². The minimum Gasteiger partial charge on any atom is -0.493 e. The average Bonchev–Trinajstić information content (AvgIpc) is 2.69. The zero-order valence-corrected chi connectivity index (χ0v) is 15.1. The van der Waals surface area contributed by atoms with Gasteiger partial charge in [0.2, 0.25) is 5.95 Å². The smallest absolute Gasteiger partial charge is 0.229 e. The van der Waals surface area contributed by atoms with Gasteiger partial charge >= 0.3 is 0 Å². The summed E-state index contributed by atoms with van der Waals surface area (Å²) in [6.45, 7) is 2.13. The van der Waals surface area contributed by atoms with Gasteiger partial charge in [0, 0.05) is 23.6 Å². The molecule has 3 rings (SSSR count). The molecule has 1 heterocycles. The van der Waals surface area contributed by atoms with Crippen LogP contribution in [0.4, 0.5) is 23.1 Å². The standard InChI is InChI=1S/C20H22N4O2/c1-4-14-5-7-15(8-6-14)23-20-21-12-11-19(24-20)22-16-9-10-17(25-2)18(13-16)26-3/h5-13H,4H2,1-3H3,(H2,21,22,23,24). The van der Waals surface area contributed by atoms with E-state index in [2.05, 4.69) is 39.7 Å². The maximum absolute atomic E-state index is 5.33. The van der Waals surface area contributed by atoms with Gasteiger partial charge < -0.3 is 20.1 Å². The van der Waals surface area contributed by atoms with Crippen LogP contribution in [0, 0.1) is 0 Å². The van der Waals surface area contributed by atoms with E-state index in [1.807, 2.05) is 36.4 Å². The molecular formula is C20H22N4O2. The molecule has 0 fully saturated rings. The first-order valence-electron chi connectivity index (χ1n) is 8.40. The number of rotatable bonds is 7. The van der Waals surface area contributed by atoms with Gasteiger partial charge in [0.1, 0.15) is 5.82 Å². The number of aromatic nitrogens is 2. The predicted molar refractivity (Wildman–Crippen MR) is 104 cm³/mol. The quantitative estimate of drug-likeness (QED) is 0.652. The molecule has 0 bridgehead atoms. The first kappa shape index (κ1) is 17.5. The first-order valence-corrected chi connectivity index (χ1v) is 8.40.